The number of nitrogens with zero attached hydrogens (tertiary/aromatic N) is 2. The Hall–Kier alpha value is -2.26. The van der Waals surface area contributed by atoms with Gasteiger partial charge in [-0.15, -0.1) is 0 Å². The molecule has 4 rings (SSSR count). The van der Waals surface area contributed by atoms with Gasteiger partial charge in [0, 0.05) is 45.1 Å². The number of piperazine rings is 1. The Morgan fingerprint density at radius 2 is 1.66 bits per heavy atom. The van der Waals surface area contributed by atoms with E-state index in [9.17, 15) is 13.2 Å². The van der Waals surface area contributed by atoms with E-state index in [1.54, 1.807) is 25.1 Å². The molecule has 0 saturated carbocycles. The quantitative estimate of drug-likeness (QED) is 0.747. The number of likely N-dealkylation sites (N-methyl/N-ethyl adjacent to an activating group) is 1. The van der Waals surface area contributed by atoms with Gasteiger partial charge in [-0.2, -0.15) is 4.31 Å². The van der Waals surface area contributed by atoms with Crippen LogP contribution in [0.5, 0.6) is 0 Å². The Morgan fingerprint density at radius 3 is 2.31 bits per heavy atom. The molecule has 2 aromatic rings. The summed E-state index contributed by atoms with van der Waals surface area (Å²) in [5.74, 6) is -0.126. The minimum atomic E-state index is -3.63. The van der Waals surface area contributed by atoms with Crippen LogP contribution in [0, 0.1) is 6.92 Å². The molecule has 2 aliphatic heterocycles. The number of anilines is 1. The fourth-order valence-corrected chi connectivity index (χ4v) is 6.17. The highest BCUT2D eigenvalue weighted by molar-refractivity contribution is 7.89. The number of rotatable bonds is 5. The van der Waals surface area contributed by atoms with Crippen LogP contribution in [0.2, 0.25) is 0 Å². The van der Waals surface area contributed by atoms with E-state index in [0.717, 1.165) is 5.56 Å². The normalized spacial score (nSPS) is 20.1. The van der Waals surface area contributed by atoms with E-state index in [-0.39, 0.29) is 10.8 Å². The number of nitrogens with one attached hydrogen (secondary N) is 1. The molecular formula is C24H31N3O4S. The number of sulfonamides is 1. The van der Waals surface area contributed by atoms with Crippen molar-refractivity contribution in [3.8, 4) is 0 Å². The summed E-state index contributed by atoms with van der Waals surface area (Å²) in [5, 5.41) is 3.01. The number of aryl methyl sites for hydroxylation is 1. The van der Waals surface area contributed by atoms with E-state index in [1.807, 2.05) is 37.4 Å². The second-order valence-electron chi connectivity index (χ2n) is 8.70. The lowest BCUT2D eigenvalue weighted by molar-refractivity contribution is -0.125. The molecule has 0 unspecified atom stereocenters. The third kappa shape index (κ3) is 4.45. The van der Waals surface area contributed by atoms with Crippen LogP contribution >= 0.6 is 0 Å². The van der Waals surface area contributed by atoms with Gasteiger partial charge in [-0.25, -0.2) is 8.42 Å². The molecule has 0 bridgehead atoms. The van der Waals surface area contributed by atoms with Crippen molar-refractivity contribution < 1.29 is 17.9 Å². The van der Waals surface area contributed by atoms with Crippen molar-refractivity contribution in [3.63, 3.8) is 0 Å². The average molecular weight is 458 g/mol. The molecule has 32 heavy (non-hydrogen) atoms. The van der Waals surface area contributed by atoms with E-state index in [2.05, 4.69) is 10.2 Å². The first-order valence-corrected chi connectivity index (χ1v) is 12.5. The first-order chi connectivity index (χ1) is 15.3. The van der Waals surface area contributed by atoms with Crippen LogP contribution in [-0.4, -0.2) is 70.0 Å². The van der Waals surface area contributed by atoms with Gasteiger partial charge in [-0.3, -0.25) is 4.79 Å². The molecule has 0 aliphatic carbocycles. The van der Waals surface area contributed by atoms with Crippen molar-refractivity contribution in [2.45, 2.75) is 30.1 Å². The van der Waals surface area contributed by atoms with Crippen LogP contribution in [-0.2, 0) is 25.0 Å². The summed E-state index contributed by atoms with van der Waals surface area (Å²) in [6, 6.07) is 14.9. The zero-order valence-corrected chi connectivity index (χ0v) is 19.5. The molecular weight excluding hydrogens is 426 g/mol. The highest BCUT2D eigenvalue weighted by Gasteiger charge is 2.41. The van der Waals surface area contributed by atoms with Crippen LogP contribution < -0.4 is 5.32 Å². The summed E-state index contributed by atoms with van der Waals surface area (Å²) in [6.45, 7) is 5.15. The lowest BCUT2D eigenvalue weighted by Gasteiger charge is -2.36. The van der Waals surface area contributed by atoms with Crippen LogP contribution in [0.4, 0.5) is 5.69 Å². The Morgan fingerprint density at radius 1 is 1.00 bits per heavy atom. The molecule has 0 aromatic heterocycles. The number of benzene rings is 2. The molecule has 2 heterocycles. The minimum absolute atomic E-state index is 0.126. The first kappa shape index (κ1) is 22.9. The molecule has 8 heteroatoms. The summed E-state index contributed by atoms with van der Waals surface area (Å²) >= 11 is 0. The van der Waals surface area contributed by atoms with Gasteiger partial charge in [-0.1, -0.05) is 36.4 Å². The minimum Gasteiger partial charge on any atom is -0.381 e. The molecule has 0 atom stereocenters. The number of hydrogen-bond donors (Lipinski definition) is 1. The van der Waals surface area contributed by atoms with Gasteiger partial charge in [0.2, 0.25) is 15.9 Å². The summed E-state index contributed by atoms with van der Waals surface area (Å²) in [4.78, 5) is 15.9. The van der Waals surface area contributed by atoms with E-state index < -0.39 is 15.4 Å². The molecule has 7 nitrogen and oxygen atoms in total. The number of carbonyl (C=O) groups excluding carboxylic acids is 1. The molecule has 2 aromatic carbocycles. The van der Waals surface area contributed by atoms with E-state index in [0.29, 0.717) is 63.5 Å². The summed E-state index contributed by atoms with van der Waals surface area (Å²) in [5.41, 5.74) is 1.43. The van der Waals surface area contributed by atoms with Gasteiger partial charge in [0.15, 0.2) is 0 Å². The SMILES string of the molecule is Cc1ccc(NC(=O)C2(c3ccccc3)CCOCC2)cc1S(=O)(=O)N1CCN(C)CC1. The average Bonchev–Trinajstić information content (AvgIpc) is 2.81. The molecule has 1 amide bonds. The molecule has 2 fully saturated rings. The topological polar surface area (TPSA) is 78.9 Å². The number of ether oxygens (including phenoxy) is 1. The van der Waals surface area contributed by atoms with Crippen LogP contribution in [0.3, 0.4) is 0 Å². The maximum absolute atomic E-state index is 13.5. The highest BCUT2D eigenvalue weighted by atomic mass is 32.2. The van der Waals surface area contributed by atoms with Crippen molar-refractivity contribution >= 4 is 21.6 Å². The molecule has 172 valence electrons. The second kappa shape index (κ2) is 9.31. The van der Waals surface area contributed by atoms with Gasteiger partial charge in [0.25, 0.3) is 0 Å². The standard InChI is InChI=1S/C24H31N3O4S/c1-19-8-9-21(18-22(19)32(29,30)27-14-12-26(2)13-15-27)25-23(28)24(10-16-31-17-11-24)20-6-4-3-5-7-20/h3-9,18H,10-17H2,1-2H3,(H,25,28). The number of amides is 1. The summed E-state index contributed by atoms with van der Waals surface area (Å²) in [7, 11) is -1.64. The predicted octanol–water partition coefficient (Wildman–Crippen LogP) is 2.62. The predicted molar refractivity (Wildman–Crippen MR) is 124 cm³/mol. The van der Waals surface area contributed by atoms with E-state index >= 15 is 0 Å². The number of hydrogen-bond acceptors (Lipinski definition) is 5. The molecule has 0 radical (unpaired) electrons. The van der Waals surface area contributed by atoms with E-state index in [4.69, 9.17) is 4.74 Å². The lowest BCUT2D eigenvalue weighted by atomic mass is 9.73. The van der Waals surface area contributed by atoms with Gasteiger partial charge in [-0.05, 0) is 50.1 Å². The Labute approximate surface area is 190 Å². The third-order valence-electron chi connectivity index (χ3n) is 6.63. The highest BCUT2D eigenvalue weighted by Crippen LogP contribution is 2.36. The van der Waals surface area contributed by atoms with E-state index in [1.165, 1.54) is 4.31 Å². The van der Waals surface area contributed by atoms with Crippen LogP contribution in [0.15, 0.2) is 53.4 Å². The molecule has 2 aliphatic rings. The Bertz CT molecular complexity index is 1060. The maximum Gasteiger partial charge on any atom is 0.243 e. The van der Waals surface area contributed by atoms with Crippen molar-refractivity contribution in [2.24, 2.45) is 0 Å². The Kier molecular flexibility index (Phi) is 6.67. The van der Waals surface area contributed by atoms with Gasteiger partial charge < -0.3 is 15.0 Å². The van der Waals surface area contributed by atoms with Gasteiger partial charge in [0.05, 0.1) is 10.3 Å². The smallest absolute Gasteiger partial charge is 0.243 e. The third-order valence-corrected chi connectivity index (χ3v) is 8.67. The van der Waals surface area contributed by atoms with Crippen molar-refractivity contribution in [1.82, 2.24) is 9.21 Å². The van der Waals surface area contributed by atoms with Crippen LogP contribution in [0.25, 0.3) is 0 Å². The lowest BCUT2D eigenvalue weighted by Crippen LogP contribution is -2.47. The number of carbonyl (C=O) groups is 1. The molecule has 0 spiro atoms. The van der Waals surface area contributed by atoms with Gasteiger partial charge in [0.1, 0.15) is 0 Å². The monoisotopic (exact) mass is 457 g/mol. The summed E-state index contributed by atoms with van der Waals surface area (Å²) in [6.07, 6.45) is 1.17. The molecule has 2 saturated heterocycles. The second-order valence-corrected chi connectivity index (χ2v) is 10.6. The Balaban J connectivity index is 1.61. The fourth-order valence-electron chi connectivity index (χ4n) is 4.50. The van der Waals surface area contributed by atoms with Crippen molar-refractivity contribution in [2.75, 3.05) is 51.8 Å². The fraction of sp³-hybridized carbons (Fsp3) is 0.458. The molecule has 1 N–H and O–H groups in total. The zero-order chi connectivity index (χ0) is 22.8. The van der Waals surface area contributed by atoms with Crippen LogP contribution in [0.1, 0.15) is 24.0 Å². The van der Waals surface area contributed by atoms with Gasteiger partial charge >= 0.3 is 0 Å². The van der Waals surface area contributed by atoms with Crippen molar-refractivity contribution in [1.29, 1.82) is 0 Å². The largest absolute Gasteiger partial charge is 0.381 e. The maximum atomic E-state index is 13.5. The summed E-state index contributed by atoms with van der Waals surface area (Å²) < 4.78 is 33.7. The zero-order valence-electron chi connectivity index (χ0n) is 18.7. The first-order valence-electron chi connectivity index (χ1n) is 11.1. The van der Waals surface area contributed by atoms with Crippen molar-refractivity contribution in [3.05, 3.63) is 59.7 Å².